The van der Waals surface area contributed by atoms with Gasteiger partial charge >= 0.3 is 12.2 Å². The molecule has 39 heavy (non-hydrogen) atoms. The third-order valence-corrected chi connectivity index (χ3v) is 6.84. The van der Waals surface area contributed by atoms with Crippen LogP contribution in [0.25, 0.3) is 11.1 Å². The van der Waals surface area contributed by atoms with Crippen LogP contribution >= 0.6 is 0 Å². The molecule has 12 heteroatoms. The Kier molecular flexibility index (Phi) is 8.36. The molecule has 0 aliphatic carbocycles. The number of aromatic nitrogens is 1. The smallest absolute Gasteiger partial charge is 0.381 e. The monoisotopic (exact) mass is 549 g/mol. The number of morpholine rings is 1. The molecule has 1 aromatic heterocycles. The van der Waals surface area contributed by atoms with Gasteiger partial charge in [0.15, 0.2) is 0 Å². The molecule has 0 spiro atoms. The Bertz CT molecular complexity index is 1210. The number of ether oxygens (including phenoxy) is 1. The minimum Gasteiger partial charge on any atom is -0.381 e. The predicted molar refractivity (Wildman–Crippen MR) is 142 cm³/mol. The number of nitrogens with one attached hydrogen (secondary N) is 2. The van der Waals surface area contributed by atoms with E-state index in [1.54, 1.807) is 18.2 Å². The van der Waals surface area contributed by atoms with Crippen molar-refractivity contribution in [1.29, 1.82) is 0 Å². The number of hydrogen-bond donors (Lipinski definition) is 3. The van der Waals surface area contributed by atoms with Gasteiger partial charge < -0.3 is 30.3 Å². The van der Waals surface area contributed by atoms with Crippen LogP contribution < -0.4 is 15.5 Å². The maximum Gasteiger partial charge on any atom is 0.389 e. The summed E-state index contributed by atoms with van der Waals surface area (Å²) in [6.07, 6.45) is -4.84. The maximum atomic E-state index is 12.8. The van der Waals surface area contributed by atoms with Crippen molar-refractivity contribution in [3.8, 4) is 11.1 Å². The number of aryl methyl sites for hydroxylation is 1. The average Bonchev–Trinajstić information content (AvgIpc) is 3.32. The van der Waals surface area contributed by atoms with E-state index in [2.05, 4.69) is 15.6 Å². The molecule has 0 radical (unpaired) electrons. The Morgan fingerprint density at radius 1 is 1.10 bits per heavy atom. The van der Waals surface area contributed by atoms with Crippen molar-refractivity contribution in [3.63, 3.8) is 0 Å². The molecule has 9 nitrogen and oxygen atoms in total. The highest BCUT2D eigenvalue weighted by Crippen LogP contribution is 2.33. The SMILES string of the molecule is Cc1ccc(NC(=O)N2CC[C@@H](CC(F)(F)F)C2)cc1-c1cc(NC(=O)C(C)(C)O)nc(N2CCOCC2)c1. The van der Waals surface area contributed by atoms with Crippen LogP contribution in [0, 0.1) is 12.8 Å². The van der Waals surface area contributed by atoms with Crippen LogP contribution in [-0.4, -0.2) is 78.1 Å². The summed E-state index contributed by atoms with van der Waals surface area (Å²) in [6.45, 7) is 7.33. The fourth-order valence-electron chi connectivity index (χ4n) is 4.68. The number of carbonyl (C=O) groups is 2. The van der Waals surface area contributed by atoms with Gasteiger partial charge in [-0.1, -0.05) is 6.07 Å². The quantitative estimate of drug-likeness (QED) is 0.493. The number of amides is 3. The molecule has 212 valence electrons. The number of nitrogens with zero attached hydrogens (tertiary/aromatic N) is 3. The zero-order valence-corrected chi connectivity index (χ0v) is 22.3. The number of benzene rings is 1. The van der Waals surface area contributed by atoms with E-state index < -0.39 is 36.1 Å². The molecule has 4 rings (SSSR count). The van der Waals surface area contributed by atoms with Crippen molar-refractivity contribution >= 4 is 29.3 Å². The van der Waals surface area contributed by atoms with E-state index in [1.807, 2.05) is 24.0 Å². The van der Waals surface area contributed by atoms with Gasteiger partial charge in [0, 0.05) is 38.3 Å². The number of anilines is 3. The zero-order chi connectivity index (χ0) is 28.4. The Balaban J connectivity index is 1.58. The van der Waals surface area contributed by atoms with Gasteiger partial charge in [-0.15, -0.1) is 0 Å². The summed E-state index contributed by atoms with van der Waals surface area (Å²) in [6, 6.07) is 8.50. The molecular weight excluding hydrogens is 515 g/mol. The second kappa shape index (κ2) is 11.4. The van der Waals surface area contributed by atoms with Gasteiger partial charge in [0.1, 0.15) is 17.2 Å². The number of likely N-dealkylation sites (tertiary alicyclic amines) is 1. The maximum absolute atomic E-state index is 12.8. The highest BCUT2D eigenvalue weighted by atomic mass is 19.4. The van der Waals surface area contributed by atoms with Crippen LogP contribution in [0.15, 0.2) is 30.3 Å². The van der Waals surface area contributed by atoms with Gasteiger partial charge in [-0.05, 0) is 74.1 Å². The molecule has 3 amide bonds. The van der Waals surface area contributed by atoms with E-state index in [0.29, 0.717) is 44.2 Å². The van der Waals surface area contributed by atoms with E-state index in [0.717, 1.165) is 16.7 Å². The lowest BCUT2D eigenvalue weighted by Crippen LogP contribution is -2.38. The van der Waals surface area contributed by atoms with Gasteiger partial charge in [0.25, 0.3) is 5.91 Å². The van der Waals surface area contributed by atoms with Gasteiger partial charge in [-0.3, -0.25) is 4.79 Å². The van der Waals surface area contributed by atoms with Gasteiger partial charge in [0.2, 0.25) is 0 Å². The first-order valence-electron chi connectivity index (χ1n) is 12.9. The summed E-state index contributed by atoms with van der Waals surface area (Å²) < 4.78 is 43.7. The van der Waals surface area contributed by atoms with Crippen LogP contribution in [-0.2, 0) is 9.53 Å². The van der Waals surface area contributed by atoms with E-state index in [-0.39, 0.29) is 18.9 Å². The summed E-state index contributed by atoms with van der Waals surface area (Å²) in [5.74, 6) is -0.310. The number of halogens is 3. The molecular formula is C27H34F3N5O4. The van der Waals surface area contributed by atoms with Crippen LogP contribution in [0.1, 0.15) is 32.3 Å². The predicted octanol–water partition coefficient (Wildman–Crippen LogP) is 4.41. The van der Waals surface area contributed by atoms with Gasteiger partial charge in [-0.25, -0.2) is 9.78 Å². The van der Waals surface area contributed by atoms with E-state index >= 15 is 0 Å². The zero-order valence-electron chi connectivity index (χ0n) is 22.3. The Morgan fingerprint density at radius 3 is 2.49 bits per heavy atom. The average molecular weight is 550 g/mol. The van der Waals surface area contributed by atoms with Crippen molar-refractivity contribution in [3.05, 3.63) is 35.9 Å². The van der Waals surface area contributed by atoms with E-state index in [4.69, 9.17) is 4.74 Å². The number of pyridine rings is 1. The fourth-order valence-corrected chi connectivity index (χ4v) is 4.68. The second-order valence-corrected chi connectivity index (χ2v) is 10.6. The molecule has 3 N–H and O–H groups in total. The van der Waals surface area contributed by atoms with E-state index in [9.17, 15) is 27.9 Å². The first kappa shape index (κ1) is 28.6. The Morgan fingerprint density at radius 2 is 1.82 bits per heavy atom. The highest BCUT2D eigenvalue weighted by molar-refractivity contribution is 5.96. The summed E-state index contributed by atoms with van der Waals surface area (Å²) in [5.41, 5.74) is 1.30. The van der Waals surface area contributed by atoms with Crippen LogP contribution in [0.3, 0.4) is 0 Å². The largest absolute Gasteiger partial charge is 0.389 e. The third kappa shape index (κ3) is 7.60. The minimum atomic E-state index is -4.25. The standard InChI is InChI=1S/C27H34F3N5O4/c1-17-4-5-20(31-25(37)35-7-6-18(16-35)15-27(28,29)30)14-21(17)19-12-22(33-24(36)26(2,3)38)32-23(13-19)34-8-10-39-11-9-34/h4-5,12-14,18,38H,6-11,15-16H2,1-3H3,(H,31,37)(H,32,33,36)/t18-/m0/s1. The molecule has 2 aliphatic heterocycles. The number of urea groups is 1. The molecule has 2 fully saturated rings. The molecule has 2 saturated heterocycles. The lowest BCUT2D eigenvalue weighted by Gasteiger charge is -2.29. The normalized spacial score (nSPS) is 18.3. The summed E-state index contributed by atoms with van der Waals surface area (Å²) in [5, 5.41) is 15.6. The van der Waals surface area contributed by atoms with Crippen molar-refractivity contribution in [2.75, 3.05) is 54.9 Å². The van der Waals surface area contributed by atoms with Gasteiger partial charge in [-0.2, -0.15) is 13.2 Å². The molecule has 0 saturated carbocycles. The van der Waals surface area contributed by atoms with E-state index in [1.165, 1.54) is 18.7 Å². The van der Waals surface area contributed by atoms with Crippen molar-refractivity contribution in [2.24, 2.45) is 5.92 Å². The molecule has 3 heterocycles. The third-order valence-electron chi connectivity index (χ3n) is 6.84. The fraction of sp³-hybridized carbons (Fsp3) is 0.519. The summed E-state index contributed by atoms with van der Waals surface area (Å²) in [7, 11) is 0. The molecule has 2 aliphatic rings. The number of carbonyl (C=O) groups excluding carboxylic acids is 2. The molecule has 0 unspecified atom stereocenters. The van der Waals surface area contributed by atoms with Crippen LogP contribution in [0.2, 0.25) is 0 Å². The first-order valence-corrected chi connectivity index (χ1v) is 12.9. The van der Waals surface area contributed by atoms with Crippen molar-refractivity contribution in [1.82, 2.24) is 9.88 Å². The van der Waals surface area contributed by atoms with Gasteiger partial charge in [0.05, 0.1) is 13.2 Å². The molecule has 1 aromatic carbocycles. The number of alkyl halides is 3. The number of hydrogen-bond acceptors (Lipinski definition) is 6. The highest BCUT2D eigenvalue weighted by Gasteiger charge is 2.36. The van der Waals surface area contributed by atoms with Crippen molar-refractivity contribution < 1.29 is 32.6 Å². The summed E-state index contributed by atoms with van der Waals surface area (Å²) >= 11 is 0. The Hall–Kier alpha value is -3.38. The summed E-state index contributed by atoms with van der Waals surface area (Å²) in [4.78, 5) is 33.3. The number of rotatable bonds is 6. The van der Waals surface area contributed by atoms with Crippen LogP contribution in [0.5, 0.6) is 0 Å². The molecule has 0 bridgehead atoms. The topological polar surface area (TPSA) is 107 Å². The second-order valence-electron chi connectivity index (χ2n) is 10.6. The first-order chi connectivity index (χ1) is 18.3. The Labute approximate surface area is 225 Å². The minimum absolute atomic E-state index is 0.0571. The van der Waals surface area contributed by atoms with Crippen molar-refractivity contribution in [2.45, 2.75) is 45.4 Å². The lowest BCUT2D eigenvalue weighted by atomic mass is 10.00. The molecule has 1 atom stereocenters. The molecule has 2 aromatic rings. The van der Waals surface area contributed by atoms with Crippen LogP contribution in [0.4, 0.5) is 35.3 Å². The lowest BCUT2D eigenvalue weighted by molar-refractivity contribution is -0.143. The number of aliphatic hydroxyl groups is 1.